The molecule has 2 heteroatoms. The summed E-state index contributed by atoms with van der Waals surface area (Å²) >= 11 is 0. The van der Waals surface area contributed by atoms with E-state index in [2.05, 4.69) is 38.1 Å². The van der Waals surface area contributed by atoms with Crippen molar-refractivity contribution in [2.24, 2.45) is 23.7 Å². The predicted octanol–water partition coefficient (Wildman–Crippen LogP) is 5.35. The second-order valence-corrected chi connectivity index (χ2v) is 9.13. The molecular formula is C24H36O2. The summed E-state index contributed by atoms with van der Waals surface area (Å²) in [5.41, 5.74) is 2.84. The highest BCUT2D eigenvalue weighted by Crippen LogP contribution is 2.33. The van der Waals surface area contributed by atoms with Gasteiger partial charge in [-0.2, -0.15) is 0 Å². The average Bonchev–Trinajstić information content (AvgIpc) is 2.64. The minimum atomic E-state index is -0.111. The fourth-order valence-corrected chi connectivity index (χ4v) is 5.12. The van der Waals surface area contributed by atoms with Gasteiger partial charge in [0.2, 0.25) is 0 Å². The Labute approximate surface area is 159 Å². The number of aliphatic hydroxyl groups is 1. The molecule has 0 spiro atoms. The third kappa shape index (κ3) is 5.19. The number of hydrogen-bond acceptors (Lipinski definition) is 2. The molecule has 0 radical (unpaired) electrons. The topological polar surface area (TPSA) is 37.3 Å². The molecular weight excluding hydrogens is 320 g/mol. The first-order valence-electron chi connectivity index (χ1n) is 10.8. The van der Waals surface area contributed by atoms with E-state index in [1.54, 1.807) is 0 Å². The van der Waals surface area contributed by atoms with Crippen molar-refractivity contribution in [2.75, 3.05) is 0 Å². The molecule has 2 saturated carbocycles. The largest absolute Gasteiger partial charge is 0.393 e. The van der Waals surface area contributed by atoms with Crippen molar-refractivity contribution in [3.63, 3.8) is 0 Å². The molecule has 2 aliphatic carbocycles. The van der Waals surface area contributed by atoms with Gasteiger partial charge in [-0.3, -0.25) is 4.79 Å². The summed E-state index contributed by atoms with van der Waals surface area (Å²) in [6.45, 7) is 4.60. The summed E-state index contributed by atoms with van der Waals surface area (Å²) in [5.74, 6) is 2.65. The lowest BCUT2D eigenvalue weighted by atomic mass is 9.77. The van der Waals surface area contributed by atoms with Gasteiger partial charge < -0.3 is 5.11 Å². The van der Waals surface area contributed by atoms with E-state index in [4.69, 9.17) is 0 Å². The Hall–Kier alpha value is -1.15. The number of aliphatic hydroxyl groups excluding tert-OH is 1. The van der Waals surface area contributed by atoms with Gasteiger partial charge in [-0.05, 0) is 86.7 Å². The van der Waals surface area contributed by atoms with Gasteiger partial charge in [0, 0.05) is 12.3 Å². The van der Waals surface area contributed by atoms with Crippen LogP contribution >= 0.6 is 0 Å². The molecule has 2 aliphatic rings. The third-order valence-electron chi connectivity index (χ3n) is 6.90. The third-order valence-corrected chi connectivity index (χ3v) is 6.90. The smallest absolute Gasteiger partial charge is 0.136 e. The lowest BCUT2D eigenvalue weighted by molar-refractivity contribution is -0.125. The monoisotopic (exact) mass is 356 g/mol. The van der Waals surface area contributed by atoms with Crippen LogP contribution in [-0.4, -0.2) is 17.0 Å². The van der Waals surface area contributed by atoms with E-state index < -0.39 is 0 Å². The molecule has 0 heterocycles. The first kappa shape index (κ1) is 19.6. The summed E-state index contributed by atoms with van der Waals surface area (Å²) in [6.07, 6.45) is 10.3. The fourth-order valence-electron chi connectivity index (χ4n) is 5.12. The zero-order valence-corrected chi connectivity index (χ0v) is 16.6. The van der Waals surface area contributed by atoms with Crippen LogP contribution in [0.25, 0.3) is 0 Å². The van der Waals surface area contributed by atoms with Crippen molar-refractivity contribution in [2.45, 2.75) is 84.2 Å². The molecule has 1 aromatic rings. The SMILES string of the molecule is CC1CCC(=O)C(CCc2ccccc2CCC2CC(C)CCC2O)C1. The van der Waals surface area contributed by atoms with Crippen LogP contribution in [0.1, 0.15) is 76.3 Å². The quantitative estimate of drug-likeness (QED) is 0.745. The van der Waals surface area contributed by atoms with Gasteiger partial charge in [-0.15, -0.1) is 0 Å². The Kier molecular flexibility index (Phi) is 6.92. The molecule has 0 aliphatic heterocycles. The zero-order valence-electron chi connectivity index (χ0n) is 16.6. The minimum Gasteiger partial charge on any atom is -0.393 e. The summed E-state index contributed by atoms with van der Waals surface area (Å²) in [5, 5.41) is 10.3. The van der Waals surface area contributed by atoms with Crippen LogP contribution in [0, 0.1) is 23.7 Å². The number of ketones is 1. The molecule has 5 unspecified atom stereocenters. The van der Waals surface area contributed by atoms with Crippen LogP contribution in [0.2, 0.25) is 0 Å². The number of benzene rings is 1. The molecule has 3 rings (SSSR count). The highest BCUT2D eigenvalue weighted by molar-refractivity contribution is 5.81. The highest BCUT2D eigenvalue weighted by Gasteiger charge is 2.28. The van der Waals surface area contributed by atoms with E-state index >= 15 is 0 Å². The second-order valence-electron chi connectivity index (χ2n) is 9.13. The lowest BCUT2D eigenvalue weighted by Gasteiger charge is -2.32. The summed E-state index contributed by atoms with van der Waals surface area (Å²) in [4.78, 5) is 12.2. The maximum absolute atomic E-state index is 12.2. The molecule has 0 aromatic heterocycles. The number of carbonyl (C=O) groups excluding carboxylic acids is 1. The van der Waals surface area contributed by atoms with Gasteiger partial charge in [-0.1, -0.05) is 38.1 Å². The van der Waals surface area contributed by atoms with Crippen LogP contribution in [-0.2, 0) is 17.6 Å². The van der Waals surface area contributed by atoms with Crippen molar-refractivity contribution >= 4 is 5.78 Å². The second kappa shape index (κ2) is 9.17. The normalized spacial score (nSPS) is 32.6. The molecule has 0 saturated heterocycles. The van der Waals surface area contributed by atoms with Crippen molar-refractivity contribution < 1.29 is 9.90 Å². The van der Waals surface area contributed by atoms with E-state index in [1.807, 2.05) is 0 Å². The molecule has 26 heavy (non-hydrogen) atoms. The minimum absolute atomic E-state index is 0.111. The maximum atomic E-state index is 12.2. The van der Waals surface area contributed by atoms with Crippen LogP contribution in [0.5, 0.6) is 0 Å². The van der Waals surface area contributed by atoms with Crippen LogP contribution in [0.4, 0.5) is 0 Å². The molecule has 1 N–H and O–H groups in total. The summed E-state index contributed by atoms with van der Waals surface area (Å²) < 4.78 is 0. The Bertz CT molecular complexity index is 594. The van der Waals surface area contributed by atoms with E-state index in [9.17, 15) is 9.90 Å². The van der Waals surface area contributed by atoms with Crippen molar-refractivity contribution in [3.8, 4) is 0 Å². The van der Waals surface area contributed by atoms with Gasteiger partial charge in [0.05, 0.1) is 6.10 Å². The first-order chi connectivity index (χ1) is 12.5. The summed E-state index contributed by atoms with van der Waals surface area (Å²) in [7, 11) is 0. The lowest BCUT2D eigenvalue weighted by Crippen LogP contribution is -2.28. The van der Waals surface area contributed by atoms with Crippen LogP contribution < -0.4 is 0 Å². The molecule has 2 nitrogen and oxygen atoms in total. The van der Waals surface area contributed by atoms with Gasteiger partial charge in [0.15, 0.2) is 0 Å². The van der Waals surface area contributed by atoms with Gasteiger partial charge in [0.25, 0.3) is 0 Å². The standard InChI is InChI=1S/C24H36O2/c1-17-7-13-23(25)21(15-17)11-9-19-5-3-4-6-20(19)10-12-22-16-18(2)8-14-24(22)26/h3-6,17-18,21-23,25H,7-16H2,1-2H3. The van der Waals surface area contributed by atoms with Gasteiger partial charge in [-0.25, -0.2) is 0 Å². The number of rotatable bonds is 6. The van der Waals surface area contributed by atoms with Crippen molar-refractivity contribution in [3.05, 3.63) is 35.4 Å². The Morgan fingerprint density at radius 1 is 0.923 bits per heavy atom. The van der Waals surface area contributed by atoms with Crippen molar-refractivity contribution in [1.29, 1.82) is 0 Å². The highest BCUT2D eigenvalue weighted by atomic mass is 16.3. The average molecular weight is 357 g/mol. The van der Waals surface area contributed by atoms with Crippen molar-refractivity contribution in [1.82, 2.24) is 0 Å². The van der Waals surface area contributed by atoms with Gasteiger partial charge >= 0.3 is 0 Å². The number of aryl methyl sites for hydroxylation is 2. The first-order valence-corrected chi connectivity index (χ1v) is 10.8. The Balaban J connectivity index is 1.56. The van der Waals surface area contributed by atoms with Crippen LogP contribution in [0.3, 0.4) is 0 Å². The van der Waals surface area contributed by atoms with E-state index in [-0.39, 0.29) is 12.0 Å². The van der Waals surface area contributed by atoms with Crippen LogP contribution in [0.15, 0.2) is 24.3 Å². The fraction of sp³-hybridized carbons (Fsp3) is 0.708. The Morgan fingerprint density at radius 3 is 2.31 bits per heavy atom. The predicted molar refractivity (Wildman–Crippen MR) is 107 cm³/mol. The number of carbonyl (C=O) groups is 1. The van der Waals surface area contributed by atoms with E-state index in [0.717, 1.165) is 63.7 Å². The number of hydrogen-bond donors (Lipinski definition) is 1. The molecule has 0 bridgehead atoms. The van der Waals surface area contributed by atoms with E-state index in [1.165, 1.54) is 17.5 Å². The molecule has 5 atom stereocenters. The summed E-state index contributed by atoms with van der Waals surface area (Å²) in [6, 6.07) is 8.75. The molecule has 0 amide bonds. The molecule has 2 fully saturated rings. The Morgan fingerprint density at radius 2 is 1.58 bits per heavy atom. The van der Waals surface area contributed by atoms with Gasteiger partial charge in [0.1, 0.15) is 5.78 Å². The number of Topliss-reactive ketones (excluding diaryl/α,β-unsaturated/α-hetero) is 1. The van der Waals surface area contributed by atoms with E-state index in [0.29, 0.717) is 17.6 Å². The maximum Gasteiger partial charge on any atom is 0.136 e. The molecule has 144 valence electrons. The molecule has 1 aromatic carbocycles. The zero-order chi connectivity index (χ0) is 18.5.